The van der Waals surface area contributed by atoms with Crippen molar-refractivity contribution in [2.24, 2.45) is 0 Å². The molecule has 7 nitrogen and oxygen atoms in total. The van der Waals surface area contributed by atoms with Crippen LogP contribution in [0.5, 0.6) is 11.5 Å². The average Bonchev–Trinajstić information content (AvgIpc) is 2.65. The zero-order chi connectivity index (χ0) is 20.0. The van der Waals surface area contributed by atoms with Crippen LogP contribution in [-0.2, 0) is 4.79 Å². The molecule has 0 saturated carbocycles. The number of ether oxygens (including phenoxy) is 2. The van der Waals surface area contributed by atoms with E-state index in [0.29, 0.717) is 21.5 Å². The van der Waals surface area contributed by atoms with Gasteiger partial charge in [0.25, 0.3) is 5.91 Å². The number of anilines is 1. The Kier molecular flexibility index (Phi) is 6.57. The molecule has 0 atom stereocenters. The summed E-state index contributed by atoms with van der Waals surface area (Å²) in [6, 6.07) is 10.9. The number of methoxy groups -OCH3 is 2. The van der Waals surface area contributed by atoms with E-state index < -0.39 is 11.9 Å². The number of rotatable bonds is 6. The number of nitrogens with zero attached hydrogens (tertiary/aromatic N) is 1. The van der Waals surface area contributed by atoms with Crippen LogP contribution in [0.2, 0.25) is 0 Å². The Morgan fingerprint density at radius 1 is 1.22 bits per heavy atom. The number of benzene rings is 2. The van der Waals surface area contributed by atoms with Crippen LogP contribution < -0.4 is 14.8 Å². The topological polar surface area (TPSA) is 109 Å². The van der Waals surface area contributed by atoms with Crippen molar-refractivity contribution >= 4 is 39.6 Å². The number of nitriles is 1. The van der Waals surface area contributed by atoms with Gasteiger partial charge in [-0.1, -0.05) is 6.07 Å². The van der Waals surface area contributed by atoms with E-state index >= 15 is 0 Å². The minimum absolute atomic E-state index is 0.0270. The summed E-state index contributed by atoms with van der Waals surface area (Å²) in [4.78, 5) is 23.4. The van der Waals surface area contributed by atoms with Gasteiger partial charge in [0.15, 0.2) is 11.5 Å². The second kappa shape index (κ2) is 8.87. The zero-order valence-electron chi connectivity index (χ0n) is 14.4. The summed E-state index contributed by atoms with van der Waals surface area (Å²) in [5.74, 6) is -0.851. The van der Waals surface area contributed by atoms with Crippen molar-refractivity contribution in [2.45, 2.75) is 0 Å². The van der Waals surface area contributed by atoms with Crippen LogP contribution in [0.3, 0.4) is 0 Å². The van der Waals surface area contributed by atoms with Gasteiger partial charge in [-0.3, -0.25) is 4.79 Å². The van der Waals surface area contributed by atoms with Gasteiger partial charge in [-0.2, -0.15) is 5.26 Å². The van der Waals surface area contributed by atoms with Crippen LogP contribution in [0, 0.1) is 11.3 Å². The summed E-state index contributed by atoms with van der Waals surface area (Å²) in [7, 11) is 2.97. The number of hydrogen-bond acceptors (Lipinski definition) is 5. The largest absolute Gasteiger partial charge is 0.493 e. The molecule has 0 radical (unpaired) electrons. The number of carbonyl (C=O) groups excluding carboxylic acids is 1. The molecule has 0 aliphatic heterocycles. The molecule has 2 aromatic rings. The fraction of sp³-hybridized carbons (Fsp3) is 0.105. The molecule has 27 heavy (non-hydrogen) atoms. The molecule has 0 aliphatic carbocycles. The summed E-state index contributed by atoms with van der Waals surface area (Å²) in [6.45, 7) is 0. The van der Waals surface area contributed by atoms with Crippen LogP contribution >= 0.6 is 15.9 Å². The molecule has 0 aliphatic rings. The van der Waals surface area contributed by atoms with Crippen molar-refractivity contribution in [2.75, 3.05) is 19.5 Å². The van der Waals surface area contributed by atoms with Crippen molar-refractivity contribution in [3.05, 3.63) is 57.6 Å². The van der Waals surface area contributed by atoms with E-state index in [9.17, 15) is 14.9 Å². The number of amides is 1. The lowest BCUT2D eigenvalue weighted by Crippen LogP contribution is -2.14. The Hall–Kier alpha value is -3.31. The molecule has 138 valence electrons. The second-order valence-corrected chi connectivity index (χ2v) is 6.10. The van der Waals surface area contributed by atoms with Crippen molar-refractivity contribution in [3.8, 4) is 17.6 Å². The van der Waals surface area contributed by atoms with Crippen LogP contribution in [0.4, 0.5) is 5.69 Å². The first-order valence-corrected chi connectivity index (χ1v) is 8.37. The number of aromatic carboxylic acids is 1. The number of carbonyl (C=O) groups is 2. The van der Waals surface area contributed by atoms with Gasteiger partial charge in [-0.05, 0) is 57.9 Å². The molecule has 8 heteroatoms. The van der Waals surface area contributed by atoms with E-state index in [4.69, 9.17) is 14.6 Å². The molecule has 0 spiro atoms. The van der Waals surface area contributed by atoms with Crippen LogP contribution in [-0.4, -0.2) is 31.2 Å². The fourth-order valence-corrected chi connectivity index (χ4v) is 2.89. The molecule has 2 N–H and O–H groups in total. The van der Waals surface area contributed by atoms with E-state index in [2.05, 4.69) is 21.2 Å². The van der Waals surface area contributed by atoms with Crippen molar-refractivity contribution < 1.29 is 24.2 Å². The molecule has 0 heterocycles. The third-order valence-electron chi connectivity index (χ3n) is 3.50. The summed E-state index contributed by atoms with van der Waals surface area (Å²) in [5, 5.41) is 20.9. The summed E-state index contributed by atoms with van der Waals surface area (Å²) >= 11 is 3.35. The summed E-state index contributed by atoms with van der Waals surface area (Å²) in [5.41, 5.74) is 0.689. The average molecular weight is 431 g/mol. The van der Waals surface area contributed by atoms with Gasteiger partial charge in [-0.15, -0.1) is 0 Å². The van der Waals surface area contributed by atoms with Gasteiger partial charge in [0.05, 0.1) is 24.3 Å². The maximum atomic E-state index is 12.4. The highest BCUT2D eigenvalue weighted by molar-refractivity contribution is 9.10. The first-order valence-electron chi connectivity index (χ1n) is 7.57. The number of halogens is 1. The predicted molar refractivity (Wildman–Crippen MR) is 103 cm³/mol. The summed E-state index contributed by atoms with van der Waals surface area (Å²) in [6.07, 6.45) is 1.39. The Morgan fingerprint density at radius 2 is 1.96 bits per heavy atom. The Bertz CT molecular complexity index is 963. The van der Waals surface area contributed by atoms with Crippen LogP contribution in [0.25, 0.3) is 6.08 Å². The molecule has 0 fully saturated rings. The molecular formula is C19H15BrN2O5. The van der Waals surface area contributed by atoms with Crippen LogP contribution in [0.1, 0.15) is 15.9 Å². The van der Waals surface area contributed by atoms with Gasteiger partial charge in [0, 0.05) is 5.69 Å². The molecule has 2 aromatic carbocycles. The van der Waals surface area contributed by atoms with E-state index in [-0.39, 0.29) is 16.8 Å². The predicted octanol–water partition coefficient (Wildman–Crippen LogP) is 3.71. The standard InChI is InChI=1S/C19H15BrN2O5/c1-26-16-8-11(7-15(20)17(16)27-2)6-13(10-21)18(23)22-14-5-3-4-12(9-14)19(24)25/h3-9H,1-2H3,(H,22,23)(H,24,25). The molecule has 0 unspecified atom stereocenters. The highest BCUT2D eigenvalue weighted by Gasteiger charge is 2.14. The smallest absolute Gasteiger partial charge is 0.335 e. The monoisotopic (exact) mass is 430 g/mol. The van der Waals surface area contributed by atoms with E-state index in [1.807, 2.05) is 6.07 Å². The third kappa shape index (κ3) is 4.86. The quantitative estimate of drug-likeness (QED) is 0.533. The molecular weight excluding hydrogens is 416 g/mol. The number of carboxylic acids is 1. The molecule has 0 saturated heterocycles. The van der Waals surface area contributed by atoms with Gasteiger partial charge >= 0.3 is 5.97 Å². The minimum Gasteiger partial charge on any atom is -0.493 e. The van der Waals surface area contributed by atoms with Gasteiger partial charge < -0.3 is 19.9 Å². The number of hydrogen-bond donors (Lipinski definition) is 2. The fourth-order valence-electron chi connectivity index (χ4n) is 2.26. The Morgan fingerprint density at radius 3 is 2.56 bits per heavy atom. The van der Waals surface area contributed by atoms with Crippen molar-refractivity contribution in [1.82, 2.24) is 0 Å². The molecule has 0 aromatic heterocycles. The first kappa shape index (κ1) is 20.0. The number of carboxylic acid groups (broad SMARTS) is 1. The van der Waals surface area contributed by atoms with Gasteiger partial charge in [-0.25, -0.2) is 4.79 Å². The summed E-state index contributed by atoms with van der Waals surface area (Å²) < 4.78 is 11.1. The van der Waals surface area contributed by atoms with E-state index in [1.54, 1.807) is 12.1 Å². The second-order valence-electron chi connectivity index (χ2n) is 5.25. The number of nitrogens with one attached hydrogen (secondary N) is 1. The maximum Gasteiger partial charge on any atom is 0.335 e. The maximum absolute atomic E-state index is 12.4. The van der Waals surface area contributed by atoms with Gasteiger partial charge in [0.1, 0.15) is 11.6 Å². The molecule has 2 rings (SSSR count). The lowest BCUT2D eigenvalue weighted by Gasteiger charge is -2.11. The SMILES string of the molecule is COc1cc(C=C(C#N)C(=O)Nc2cccc(C(=O)O)c2)cc(Br)c1OC. The highest BCUT2D eigenvalue weighted by Crippen LogP contribution is 2.36. The lowest BCUT2D eigenvalue weighted by molar-refractivity contribution is -0.112. The minimum atomic E-state index is -1.11. The van der Waals surface area contributed by atoms with Gasteiger partial charge in [0.2, 0.25) is 0 Å². The van der Waals surface area contributed by atoms with Crippen molar-refractivity contribution in [3.63, 3.8) is 0 Å². The third-order valence-corrected chi connectivity index (χ3v) is 4.09. The van der Waals surface area contributed by atoms with Crippen molar-refractivity contribution in [1.29, 1.82) is 5.26 Å². The van der Waals surface area contributed by atoms with E-state index in [0.717, 1.165) is 0 Å². The van der Waals surface area contributed by atoms with Crippen LogP contribution in [0.15, 0.2) is 46.4 Å². The Balaban J connectivity index is 2.32. The zero-order valence-corrected chi connectivity index (χ0v) is 16.0. The molecule has 0 bridgehead atoms. The Labute approximate surface area is 164 Å². The lowest BCUT2D eigenvalue weighted by atomic mass is 10.1. The first-order chi connectivity index (χ1) is 12.9. The van der Waals surface area contributed by atoms with E-state index in [1.165, 1.54) is 44.6 Å². The normalized spacial score (nSPS) is 10.7. The molecule has 1 amide bonds. The highest BCUT2D eigenvalue weighted by atomic mass is 79.9.